The van der Waals surface area contributed by atoms with Gasteiger partial charge < -0.3 is 15.5 Å². The first kappa shape index (κ1) is 19.7. The maximum absolute atomic E-state index is 11.4. The molecule has 0 aliphatic rings. The lowest BCUT2D eigenvalue weighted by molar-refractivity contribution is 0.404. The average molecular weight is 425 g/mol. The topological polar surface area (TPSA) is 143 Å². The lowest BCUT2D eigenvalue weighted by Gasteiger charge is -2.11. The molecular formula is C20H19N5O4S. The number of primary sulfonamides is 1. The van der Waals surface area contributed by atoms with Gasteiger partial charge in [-0.1, -0.05) is 12.1 Å². The first-order valence-electron chi connectivity index (χ1n) is 8.95. The highest BCUT2D eigenvalue weighted by molar-refractivity contribution is 7.89. The molecule has 0 amide bonds. The average Bonchev–Trinajstić information content (AvgIpc) is 3.15. The van der Waals surface area contributed by atoms with Crippen molar-refractivity contribution in [1.29, 1.82) is 0 Å². The van der Waals surface area contributed by atoms with Crippen LogP contribution in [0.3, 0.4) is 0 Å². The predicted octanol–water partition coefficient (Wildman–Crippen LogP) is 2.38. The third-order valence-electron chi connectivity index (χ3n) is 4.69. The van der Waals surface area contributed by atoms with Crippen LogP contribution >= 0.6 is 0 Å². The second kappa shape index (κ2) is 7.32. The number of benzene rings is 2. The second-order valence-electron chi connectivity index (χ2n) is 6.80. The van der Waals surface area contributed by atoms with Gasteiger partial charge in [-0.25, -0.2) is 23.5 Å². The van der Waals surface area contributed by atoms with E-state index in [1.165, 1.54) is 24.3 Å². The Balaban J connectivity index is 1.65. The summed E-state index contributed by atoms with van der Waals surface area (Å²) in [5.41, 5.74) is 3.71. The number of nitrogens with one attached hydrogen (secondary N) is 1. The molecule has 0 fully saturated rings. The van der Waals surface area contributed by atoms with Gasteiger partial charge in [0.15, 0.2) is 23.0 Å². The summed E-state index contributed by atoms with van der Waals surface area (Å²) in [6, 6.07) is 10.8. The number of hydrogen-bond acceptors (Lipinski definition) is 7. The van der Waals surface area contributed by atoms with Crippen molar-refractivity contribution in [2.45, 2.75) is 18.4 Å². The molecule has 0 spiro atoms. The van der Waals surface area contributed by atoms with Gasteiger partial charge >= 0.3 is 0 Å². The number of aromatic nitrogens is 3. The number of aromatic hydroxyl groups is 2. The lowest BCUT2D eigenvalue weighted by Crippen LogP contribution is -2.12. The number of rotatable bonds is 5. The minimum absolute atomic E-state index is 0.0529. The van der Waals surface area contributed by atoms with E-state index in [0.29, 0.717) is 23.6 Å². The van der Waals surface area contributed by atoms with Crippen LogP contribution in [-0.4, -0.2) is 33.0 Å². The summed E-state index contributed by atoms with van der Waals surface area (Å²) in [5, 5.41) is 27.7. The molecular weight excluding hydrogens is 406 g/mol. The van der Waals surface area contributed by atoms with Crippen molar-refractivity contribution in [3.05, 3.63) is 66.1 Å². The SMILES string of the molecule is Cc1cnc(NCc2ccc(S(N)(=O)=O)cc2)c2ncc(-c3ccc(O)c(O)c3)n12. The van der Waals surface area contributed by atoms with E-state index >= 15 is 0 Å². The number of imidazole rings is 1. The van der Waals surface area contributed by atoms with Crippen LogP contribution in [0.1, 0.15) is 11.3 Å². The van der Waals surface area contributed by atoms with Gasteiger partial charge in [-0.3, -0.25) is 4.40 Å². The fraction of sp³-hybridized carbons (Fsp3) is 0.100. The van der Waals surface area contributed by atoms with E-state index in [4.69, 9.17) is 5.14 Å². The maximum atomic E-state index is 11.4. The molecule has 2 aromatic heterocycles. The van der Waals surface area contributed by atoms with Gasteiger partial charge in [0.2, 0.25) is 10.0 Å². The van der Waals surface area contributed by atoms with Crippen LogP contribution in [0, 0.1) is 6.92 Å². The zero-order chi connectivity index (χ0) is 21.5. The highest BCUT2D eigenvalue weighted by Gasteiger charge is 2.14. The minimum atomic E-state index is -3.73. The molecule has 0 atom stereocenters. The van der Waals surface area contributed by atoms with Gasteiger partial charge in [0, 0.05) is 24.0 Å². The van der Waals surface area contributed by atoms with E-state index < -0.39 is 10.0 Å². The zero-order valence-corrected chi connectivity index (χ0v) is 16.8. The molecule has 30 heavy (non-hydrogen) atoms. The lowest BCUT2D eigenvalue weighted by atomic mass is 10.1. The first-order chi connectivity index (χ1) is 14.2. The molecule has 9 nitrogen and oxygen atoms in total. The van der Waals surface area contributed by atoms with Gasteiger partial charge in [0.25, 0.3) is 0 Å². The number of nitrogens with zero attached hydrogens (tertiary/aromatic N) is 3. The first-order valence-corrected chi connectivity index (χ1v) is 10.5. The summed E-state index contributed by atoms with van der Waals surface area (Å²) in [7, 11) is -3.73. The molecule has 0 saturated heterocycles. The molecule has 4 rings (SSSR count). The quantitative estimate of drug-likeness (QED) is 0.359. The molecule has 5 N–H and O–H groups in total. The summed E-state index contributed by atoms with van der Waals surface area (Å²) in [6.07, 6.45) is 3.37. The highest BCUT2D eigenvalue weighted by atomic mass is 32.2. The molecule has 0 radical (unpaired) electrons. The Labute approximate surface area is 172 Å². The number of anilines is 1. The molecule has 154 valence electrons. The van der Waals surface area contributed by atoms with Gasteiger partial charge in [-0.15, -0.1) is 0 Å². The fourth-order valence-corrected chi connectivity index (χ4v) is 3.66. The van der Waals surface area contributed by atoms with E-state index in [-0.39, 0.29) is 16.4 Å². The van der Waals surface area contributed by atoms with E-state index in [1.807, 2.05) is 11.3 Å². The summed E-state index contributed by atoms with van der Waals surface area (Å²) in [4.78, 5) is 8.93. The van der Waals surface area contributed by atoms with Crippen molar-refractivity contribution >= 4 is 21.5 Å². The summed E-state index contributed by atoms with van der Waals surface area (Å²) in [6.45, 7) is 2.29. The van der Waals surface area contributed by atoms with Crippen LogP contribution < -0.4 is 10.5 Å². The molecule has 0 aliphatic carbocycles. The highest BCUT2D eigenvalue weighted by Crippen LogP contribution is 2.32. The van der Waals surface area contributed by atoms with Crippen LogP contribution in [0.5, 0.6) is 11.5 Å². The van der Waals surface area contributed by atoms with Crippen LogP contribution in [0.2, 0.25) is 0 Å². The summed E-state index contributed by atoms with van der Waals surface area (Å²) >= 11 is 0. The maximum Gasteiger partial charge on any atom is 0.238 e. The Hall–Kier alpha value is -3.63. The molecule has 0 aliphatic heterocycles. The van der Waals surface area contributed by atoms with E-state index in [2.05, 4.69) is 15.3 Å². The Bertz CT molecular complexity index is 1350. The molecule has 4 aromatic rings. The summed E-state index contributed by atoms with van der Waals surface area (Å²) < 4.78 is 24.6. The van der Waals surface area contributed by atoms with Crippen molar-refractivity contribution in [3.8, 4) is 22.8 Å². The Kier molecular flexibility index (Phi) is 4.80. The zero-order valence-electron chi connectivity index (χ0n) is 15.9. The molecule has 10 heteroatoms. The minimum Gasteiger partial charge on any atom is -0.504 e. The summed E-state index contributed by atoms with van der Waals surface area (Å²) in [5.74, 6) is 0.141. The van der Waals surface area contributed by atoms with E-state index in [9.17, 15) is 18.6 Å². The molecule has 0 unspecified atom stereocenters. The van der Waals surface area contributed by atoms with Crippen molar-refractivity contribution in [1.82, 2.24) is 14.4 Å². The number of phenolic OH excluding ortho intramolecular Hbond substituents is 2. The van der Waals surface area contributed by atoms with Crippen LogP contribution in [0.4, 0.5) is 5.82 Å². The second-order valence-corrected chi connectivity index (χ2v) is 8.36. The van der Waals surface area contributed by atoms with Crippen LogP contribution in [0.25, 0.3) is 16.9 Å². The number of sulfonamides is 1. The van der Waals surface area contributed by atoms with Crippen molar-refractivity contribution in [2.75, 3.05) is 5.32 Å². The normalized spacial score (nSPS) is 11.7. The largest absolute Gasteiger partial charge is 0.504 e. The Morgan fingerprint density at radius 3 is 2.43 bits per heavy atom. The Morgan fingerprint density at radius 2 is 1.77 bits per heavy atom. The molecule has 2 heterocycles. The molecule has 0 saturated carbocycles. The monoisotopic (exact) mass is 425 g/mol. The fourth-order valence-electron chi connectivity index (χ4n) is 3.14. The van der Waals surface area contributed by atoms with Gasteiger partial charge in [0.1, 0.15) is 0 Å². The standard InChI is InChI=1S/C20H19N5O4S/c1-12-9-22-19(23-10-13-2-5-15(6-3-13)30(21,28)29)20-24-11-16(25(12)20)14-4-7-17(26)18(27)8-14/h2-9,11,26-27H,10H2,1H3,(H,22,23)(H2,21,28,29). The third-order valence-corrected chi connectivity index (χ3v) is 5.62. The van der Waals surface area contributed by atoms with Crippen molar-refractivity contribution < 1.29 is 18.6 Å². The van der Waals surface area contributed by atoms with Crippen LogP contribution in [-0.2, 0) is 16.6 Å². The van der Waals surface area contributed by atoms with E-state index in [1.54, 1.807) is 30.6 Å². The smallest absolute Gasteiger partial charge is 0.238 e. The molecule has 0 bridgehead atoms. The van der Waals surface area contributed by atoms with Crippen molar-refractivity contribution in [3.63, 3.8) is 0 Å². The van der Waals surface area contributed by atoms with Crippen LogP contribution in [0.15, 0.2) is 59.8 Å². The predicted molar refractivity (Wildman–Crippen MR) is 112 cm³/mol. The molecule has 2 aromatic carbocycles. The Morgan fingerprint density at radius 1 is 1.03 bits per heavy atom. The number of nitrogens with two attached hydrogens (primary N) is 1. The van der Waals surface area contributed by atoms with E-state index in [0.717, 1.165) is 17.0 Å². The van der Waals surface area contributed by atoms with Gasteiger partial charge in [-0.05, 0) is 42.8 Å². The van der Waals surface area contributed by atoms with Crippen molar-refractivity contribution in [2.24, 2.45) is 5.14 Å². The number of fused-ring (bicyclic) bond motifs is 1. The number of phenols is 2. The number of aryl methyl sites for hydroxylation is 1. The van der Waals surface area contributed by atoms with Gasteiger partial charge in [-0.2, -0.15) is 0 Å². The van der Waals surface area contributed by atoms with Gasteiger partial charge in [0.05, 0.1) is 16.8 Å². The number of hydrogen-bond donors (Lipinski definition) is 4. The third kappa shape index (κ3) is 3.65.